The van der Waals surface area contributed by atoms with Gasteiger partial charge in [0, 0.05) is 25.4 Å². The second-order valence-corrected chi connectivity index (χ2v) is 10.1. The molecule has 9 heteroatoms. The number of ether oxygens (including phenoxy) is 1. The van der Waals surface area contributed by atoms with Crippen LogP contribution in [-0.4, -0.2) is 49.8 Å². The van der Waals surface area contributed by atoms with Crippen molar-refractivity contribution in [3.05, 3.63) is 45.2 Å². The molecule has 2 aromatic rings. The molecule has 2 aliphatic heterocycles. The maximum absolute atomic E-state index is 13.3. The molecule has 3 fully saturated rings. The van der Waals surface area contributed by atoms with Gasteiger partial charge in [-0.05, 0) is 43.9 Å². The molecule has 0 bridgehead atoms. The summed E-state index contributed by atoms with van der Waals surface area (Å²) in [5, 5.41) is 3.30. The van der Waals surface area contributed by atoms with Crippen molar-refractivity contribution in [2.45, 2.75) is 57.1 Å². The van der Waals surface area contributed by atoms with E-state index in [9.17, 15) is 9.59 Å². The number of anilines is 1. The van der Waals surface area contributed by atoms with Crippen molar-refractivity contribution in [3.8, 4) is 0 Å². The summed E-state index contributed by atoms with van der Waals surface area (Å²) in [4.78, 5) is 33.5. The van der Waals surface area contributed by atoms with Gasteiger partial charge in [-0.15, -0.1) is 0 Å². The number of pyridine rings is 1. The highest BCUT2D eigenvalue weighted by Gasteiger charge is 2.37. The Labute approximate surface area is 196 Å². The van der Waals surface area contributed by atoms with Crippen molar-refractivity contribution < 1.29 is 9.53 Å². The summed E-state index contributed by atoms with van der Waals surface area (Å²) in [6.45, 7) is 1.33. The molecule has 1 aliphatic carbocycles. The van der Waals surface area contributed by atoms with Gasteiger partial charge in [-0.1, -0.05) is 49.3 Å². The molecule has 2 saturated heterocycles. The molecule has 0 radical (unpaired) electrons. The van der Waals surface area contributed by atoms with E-state index in [1.54, 1.807) is 29.3 Å². The van der Waals surface area contributed by atoms with Gasteiger partial charge in [0.1, 0.15) is 15.8 Å². The Morgan fingerprint density at radius 3 is 2.81 bits per heavy atom. The van der Waals surface area contributed by atoms with Crippen molar-refractivity contribution in [3.63, 3.8) is 0 Å². The largest absolute Gasteiger partial charge is 0.376 e. The van der Waals surface area contributed by atoms with Crippen LogP contribution in [0, 0.1) is 0 Å². The highest BCUT2D eigenvalue weighted by atomic mass is 32.2. The Kier molecular flexibility index (Phi) is 6.30. The van der Waals surface area contributed by atoms with Crippen molar-refractivity contribution in [2.75, 3.05) is 18.5 Å². The summed E-state index contributed by atoms with van der Waals surface area (Å²) in [5.41, 5.74) is 0.712. The highest BCUT2D eigenvalue weighted by Crippen LogP contribution is 2.37. The zero-order chi connectivity index (χ0) is 22.1. The normalized spacial score (nSPS) is 23.6. The minimum Gasteiger partial charge on any atom is -0.376 e. The van der Waals surface area contributed by atoms with Crippen LogP contribution in [-0.2, 0) is 9.53 Å². The lowest BCUT2D eigenvalue weighted by Gasteiger charge is -2.29. The number of aromatic nitrogens is 2. The molecular formula is C23H26N4O3S2. The van der Waals surface area contributed by atoms with Gasteiger partial charge in [0.15, 0.2) is 0 Å². The summed E-state index contributed by atoms with van der Waals surface area (Å²) in [7, 11) is 0. The van der Waals surface area contributed by atoms with E-state index in [1.165, 1.54) is 22.6 Å². The van der Waals surface area contributed by atoms with Gasteiger partial charge in [-0.25, -0.2) is 4.98 Å². The van der Waals surface area contributed by atoms with Crippen molar-refractivity contribution in [2.24, 2.45) is 0 Å². The van der Waals surface area contributed by atoms with Crippen LogP contribution in [0.2, 0.25) is 0 Å². The number of thiocarbonyl (C=S) groups is 1. The smallest absolute Gasteiger partial charge is 0.267 e. The van der Waals surface area contributed by atoms with E-state index < -0.39 is 0 Å². The number of hydrogen-bond acceptors (Lipinski definition) is 7. The molecule has 168 valence electrons. The minimum atomic E-state index is -0.214. The summed E-state index contributed by atoms with van der Waals surface area (Å²) in [5.74, 6) is 0.370. The lowest BCUT2D eigenvalue weighted by molar-refractivity contribution is -0.124. The molecule has 1 saturated carbocycles. The maximum Gasteiger partial charge on any atom is 0.267 e. The zero-order valence-corrected chi connectivity index (χ0v) is 19.4. The van der Waals surface area contributed by atoms with E-state index in [-0.39, 0.29) is 23.6 Å². The first-order valence-electron chi connectivity index (χ1n) is 11.3. The molecule has 3 aliphatic rings. The van der Waals surface area contributed by atoms with E-state index in [1.807, 2.05) is 6.07 Å². The average Bonchev–Trinajstić information content (AvgIpc) is 3.43. The van der Waals surface area contributed by atoms with E-state index in [0.29, 0.717) is 32.8 Å². The topological polar surface area (TPSA) is 75.9 Å². The number of nitrogens with one attached hydrogen (secondary N) is 1. The van der Waals surface area contributed by atoms with Crippen LogP contribution in [0.4, 0.5) is 5.82 Å². The van der Waals surface area contributed by atoms with Gasteiger partial charge in [-0.3, -0.25) is 18.9 Å². The van der Waals surface area contributed by atoms with Crippen LogP contribution >= 0.6 is 24.0 Å². The quantitative estimate of drug-likeness (QED) is 0.526. The van der Waals surface area contributed by atoms with Crippen LogP contribution in [0.5, 0.6) is 0 Å². The molecule has 1 unspecified atom stereocenters. The van der Waals surface area contributed by atoms with Gasteiger partial charge in [0.25, 0.3) is 11.5 Å². The summed E-state index contributed by atoms with van der Waals surface area (Å²) >= 11 is 6.83. The van der Waals surface area contributed by atoms with Gasteiger partial charge >= 0.3 is 0 Å². The Bertz CT molecular complexity index is 1130. The Morgan fingerprint density at radius 2 is 2.03 bits per heavy atom. The first-order valence-corrected chi connectivity index (χ1v) is 12.5. The molecule has 7 nitrogen and oxygen atoms in total. The van der Waals surface area contributed by atoms with Gasteiger partial charge in [0.2, 0.25) is 0 Å². The van der Waals surface area contributed by atoms with Crippen molar-refractivity contribution in [1.82, 2.24) is 14.3 Å². The summed E-state index contributed by atoms with van der Waals surface area (Å²) in [6.07, 6.45) is 10.9. The van der Waals surface area contributed by atoms with Crippen LogP contribution in [0.1, 0.15) is 50.5 Å². The van der Waals surface area contributed by atoms with Crippen molar-refractivity contribution >= 4 is 51.7 Å². The van der Waals surface area contributed by atoms with Crippen molar-refractivity contribution in [1.29, 1.82) is 0 Å². The molecule has 1 amide bonds. The Morgan fingerprint density at radius 1 is 1.19 bits per heavy atom. The number of thioether (sulfide) groups is 1. The molecule has 1 N–H and O–H groups in total. The Hall–Kier alpha value is -2.23. The minimum absolute atomic E-state index is 0.100. The third-order valence-electron chi connectivity index (χ3n) is 6.33. The molecule has 1 atom stereocenters. The van der Waals surface area contributed by atoms with E-state index in [0.717, 1.165) is 45.1 Å². The number of carbonyl (C=O) groups is 1. The van der Waals surface area contributed by atoms with Crippen LogP contribution in [0.15, 0.2) is 34.1 Å². The molecule has 5 rings (SSSR count). The SMILES string of the molecule is O=C1/C(=C/c2c(NCC3CCCO3)nc3ccccn3c2=O)SC(=S)N1C1CCCCC1. The molecule has 2 aromatic heterocycles. The lowest BCUT2D eigenvalue weighted by atomic mass is 9.94. The van der Waals surface area contributed by atoms with Gasteiger partial charge < -0.3 is 10.1 Å². The first kappa shape index (κ1) is 21.6. The number of nitrogens with zero attached hydrogens (tertiary/aromatic N) is 3. The fourth-order valence-corrected chi connectivity index (χ4v) is 6.03. The predicted molar refractivity (Wildman–Crippen MR) is 131 cm³/mol. The van der Waals surface area contributed by atoms with Crippen LogP contribution in [0.3, 0.4) is 0 Å². The third-order valence-corrected chi connectivity index (χ3v) is 7.66. The number of fused-ring (bicyclic) bond motifs is 1. The molecule has 4 heterocycles. The van der Waals surface area contributed by atoms with E-state index in [2.05, 4.69) is 10.3 Å². The number of amides is 1. The average molecular weight is 471 g/mol. The van der Waals surface area contributed by atoms with Crippen LogP contribution < -0.4 is 10.9 Å². The second kappa shape index (κ2) is 9.33. The Balaban J connectivity index is 1.50. The zero-order valence-electron chi connectivity index (χ0n) is 17.8. The highest BCUT2D eigenvalue weighted by molar-refractivity contribution is 8.26. The monoisotopic (exact) mass is 470 g/mol. The van der Waals surface area contributed by atoms with Gasteiger partial charge in [-0.2, -0.15) is 0 Å². The van der Waals surface area contributed by atoms with E-state index >= 15 is 0 Å². The standard InChI is InChI=1S/C23H26N4O3S2/c28-21-17(13-18-22(29)27(23(31)32-18)15-7-2-1-3-8-15)20(24-14-16-9-6-12-30-16)25-19-10-4-5-11-26(19)21/h4-5,10-11,13,15-16,24H,1-3,6-9,12,14H2/b18-13-. The van der Waals surface area contributed by atoms with Gasteiger partial charge in [0.05, 0.1) is 16.6 Å². The lowest BCUT2D eigenvalue weighted by Crippen LogP contribution is -2.39. The van der Waals surface area contributed by atoms with Crippen LogP contribution in [0.25, 0.3) is 11.7 Å². The second-order valence-electron chi connectivity index (χ2n) is 8.47. The predicted octanol–water partition coefficient (Wildman–Crippen LogP) is 3.82. The molecule has 32 heavy (non-hydrogen) atoms. The first-order chi connectivity index (χ1) is 15.6. The molecule has 0 spiro atoms. The molecular weight excluding hydrogens is 444 g/mol. The number of rotatable bonds is 5. The number of hydrogen-bond donors (Lipinski definition) is 1. The molecule has 0 aromatic carbocycles. The van der Waals surface area contributed by atoms with E-state index in [4.69, 9.17) is 17.0 Å². The third kappa shape index (κ3) is 4.21. The summed E-state index contributed by atoms with van der Waals surface area (Å²) < 4.78 is 7.79. The fraction of sp³-hybridized carbons (Fsp3) is 0.478. The maximum atomic E-state index is 13.3. The number of carbonyl (C=O) groups excluding carboxylic acids is 1. The fourth-order valence-electron chi connectivity index (χ4n) is 4.65. The summed E-state index contributed by atoms with van der Waals surface area (Å²) in [6, 6.07) is 5.60.